The number of rotatable bonds is 3. The second-order valence-electron chi connectivity index (χ2n) is 4.29. The molecule has 1 heterocycles. The number of halogens is 1. The van der Waals surface area contributed by atoms with Gasteiger partial charge < -0.3 is 10.1 Å². The van der Waals surface area contributed by atoms with Crippen molar-refractivity contribution in [3.8, 4) is 17.0 Å². The van der Waals surface area contributed by atoms with E-state index in [-0.39, 0.29) is 17.0 Å². The molecule has 0 saturated carbocycles. The van der Waals surface area contributed by atoms with Crippen LogP contribution in [0.3, 0.4) is 0 Å². The van der Waals surface area contributed by atoms with Crippen LogP contribution in [0.4, 0.5) is 4.39 Å². The molecule has 0 fully saturated rings. The maximum absolute atomic E-state index is 13.1. The summed E-state index contributed by atoms with van der Waals surface area (Å²) in [5.41, 5.74) is -0.786. The van der Waals surface area contributed by atoms with Crippen molar-refractivity contribution in [2.75, 3.05) is 6.26 Å². The van der Waals surface area contributed by atoms with E-state index in [0.717, 1.165) is 12.3 Å². The second-order valence-corrected chi connectivity index (χ2v) is 6.43. The molecule has 0 saturated heterocycles. The number of hydrogen-bond acceptors (Lipinski definition) is 5. The molecule has 6 nitrogen and oxygen atoms in total. The average Bonchev–Trinajstić information content (AvgIpc) is 2.25. The van der Waals surface area contributed by atoms with Crippen LogP contribution >= 0.6 is 0 Å². The summed E-state index contributed by atoms with van der Waals surface area (Å²) in [5, 5.41) is 9.76. The number of benzene rings is 1. The van der Waals surface area contributed by atoms with Crippen molar-refractivity contribution >= 4 is 9.84 Å². The third-order valence-electron chi connectivity index (χ3n) is 2.46. The Morgan fingerprint density at radius 2 is 2.10 bits per heavy atom. The Kier molecular flexibility index (Phi) is 3.58. The van der Waals surface area contributed by atoms with Crippen molar-refractivity contribution in [1.29, 1.82) is 0 Å². The predicted octanol–water partition coefficient (Wildman–Crippen LogP) is 0.826. The molecule has 8 heteroatoms. The van der Waals surface area contributed by atoms with Gasteiger partial charge >= 0.3 is 0 Å². The fourth-order valence-corrected chi connectivity index (χ4v) is 2.36. The topological polar surface area (TPSA) is 100 Å². The monoisotopic (exact) mass is 298 g/mol. The summed E-state index contributed by atoms with van der Waals surface area (Å²) < 4.78 is 35.4. The maximum Gasteiger partial charge on any atom is 0.262 e. The summed E-state index contributed by atoms with van der Waals surface area (Å²) in [4.78, 5) is 17.8. The summed E-state index contributed by atoms with van der Waals surface area (Å²) >= 11 is 0. The van der Waals surface area contributed by atoms with E-state index in [2.05, 4.69) is 9.97 Å². The van der Waals surface area contributed by atoms with Crippen LogP contribution in [-0.2, 0) is 15.6 Å². The third kappa shape index (κ3) is 3.21. The SMILES string of the molecule is CS(=O)(=O)Cc1nc(O)c(-c2cccc(F)c2)c(=O)[nH]1. The highest BCUT2D eigenvalue weighted by molar-refractivity contribution is 7.89. The predicted molar refractivity (Wildman–Crippen MR) is 70.5 cm³/mol. The highest BCUT2D eigenvalue weighted by Crippen LogP contribution is 2.23. The zero-order chi connectivity index (χ0) is 14.9. The standard InChI is InChI=1S/C12H11FN2O4S/c1-20(18,19)6-9-14-11(16)10(12(17)15-9)7-3-2-4-8(13)5-7/h2-5H,6H2,1H3,(H2,14,15,16,17). The normalized spacial score (nSPS) is 11.5. The molecule has 0 radical (unpaired) electrons. The fraction of sp³-hybridized carbons (Fsp3) is 0.167. The Morgan fingerprint density at radius 3 is 2.65 bits per heavy atom. The average molecular weight is 298 g/mol. The molecule has 2 rings (SSSR count). The molecule has 20 heavy (non-hydrogen) atoms. The maximum atomic E-state index is 13.1. The smallest absolute Gasteiger partial charge is 0.262 e. The van der Waals surface area contributed by atoms with Crippen LogP contribution in [0.25, 0.3) is 11.1 Å². The molecule has 2 N–H and O–H groups in total. The van der Waals surface area contributed by atoms with E-state index in [4.69, 9.17) is 0 Å². The lowest BCUT2D eigenvalue weighted by Gasteiger charge is -2.05. The molecule has 0 spiro atoms. The highest BCUT2D eigenvalue weighted by atomic mass is 32.2. The lowest BCUT2D eigenvalue weighted by atomic mass is 10.1. The van der Waals surface area contributed by atoms with Crippen LogP contribution in [0, 0.1) is 5.82 Å². The minimum absolute atomic E-state index is 0.155. The first-order chi connectivity index (χ1) is 9.26. The van der Waals surface area contributed by atoms with Gasteiger partial charge in [0.2, 0.25) is 5.88 Å². The molecule has 0 atom stereocenters. The van der Waals surface area contributed by atoms with Gasteiger partial charge in [-0.25, -0.2) is 12.8 Å². The van der Waals surface area contributed by atoms with Gasteiger partial charge in [-0.2, -0.15) is 4.98 Å². The van der Waals surface area contributed by atoms with E-state index in [1.807, 2.05) is 0 Å². The van der Waals surface area contributed by atoms with Gasteiger partial charge in [-0.15, -0.1) is 0 Å². The van der Waals surface area contributed by atoms with Gasteiger partial charge in [0.1, 0.15) is 23.0 Å². The molecule has 1 aromatic carbocycles. The number of sulfone groups is 1. The molecule has 0 aliphatic rings. The Morgan fingerprint density at radius 1 is 1.40 bits per heavy atom. The van der Waals surface area contributed by atoms with Gasteiger partial charge in [-0.1, -0.05) is 12.1 Å². The molecule has 0 bridgehead atoms. The molecule has 0 unspecified atom stereocenters. The van der Waals surface area contributed by atoms with Gasteiger partial charge in [-0.05, 0) is 17.7 Å². The first-order valence-electron chi connectivity index (χ1n) is 5.52. The highest BCUT2D eigenvalue weighted by Gasteiger charge is 2.15. The molecule has 1 aromatic heterocycles. The van der Waals surface area contributed by atoms with Gasteiger partial charge in [0.05, 0.1) is 0 Å². The Bertz CT molecular complexity index is 814. The number of H-pyrrole nitrogens is 1. The van der Waals surface area contributed by atoms with E-state index < -0.39 is 32.8 Å². The zero-order valence-electron chi connectivity index (χ0n) is 10.4. The van der Waals surface area contributed by atoms with Crippen LogP contribution in [-0.4, -0.2) is 29.7 Å². The van der Waals surface area contributed by atoms with Crippen LogP contribution in [0.1, 0.15) is 5.82 Å². The lowest BCUT2D eigenvalue weighted by molar-refractivity contribution is 0.451. The summed E-state index contributed by atoms with van der Waals surface area (Å²) in [7, 11) is -3.40. The number of nitrogens with one attached hydrogen (secondary N) is 1. The van der Waals surface area contributed by atoms with Gasteiger partial charge in [0.25, 0.3) is 5.56 Å². The van der Waals surface area contributed by atoms with Crippen LogP contribution in [0.5, 0.6) is 5.88 Å². The van der Waals surface area contributed by atoms with Crippen LogP contribution in [0.2, 0.25) is 0 Å². The summed E-state index contributed by atoms with van der Waals surface area (Å²) in [6.07, 6.45) is 0.977. The van der Waals surface area contributed by atoms with Crippen molar-refractivity contribution in [2.45, 2.75) is 5.75 Å². The first-order valence-corrected chi connectivity index (χ1v) is 7.58. The Hall–Kier alpha value is -2.22. The second kappa shape index (κ2) is 5.04. The quantitative estimate of drug-likeness (QED) is 0.874. The largest absolute Gasteiger partial charge is 0.493 e. The lowest BCUT2D eigenvalue weighted by Crippen LogP contribution is -2.16. The number of aromatic hydroxyl groups is 1. The minimum Gasteiger partial charge on any atom is -0.493 e. The molecule has 0 aliphatic carbocycles. The number of nitrogens with zero attached hydrogens (tertiary/aromatic N) is 1. The van der Waals surface area contributed by atoms with Gasteiger partial charge in [0, 0.05) is 6.26 Å². The molecule has 106 valence electrons. The van der Waals surface area contributed by atoms with E-state index in [1.165, 1.54) is 18.2 Å². The molecular formula is C12H11FN2O4S. The van der Waals surface area contributed by atoms with E-state index in [9.17, 15) is 22.7 Å². The van der Waals surface area contributed by atoms with E-state index in [1.54, 1.807) is 0 Å². The van der Waals surface area contributed by atoms with Gasteiger partial charge in [-0.3, -0.25) is 4.79 Å². The molecule has 2 aromatic rings. The van der Waals surface area contributed by atoms with Crippen molar-refractivity contribution in [1.82, 2.24) is 9.97 Å². The zero-order valence-corrected chi connectivity index (χ0v) is 11.2. The summed E-state index contributed by atoms with van der Waals surface area (Å²) in [5.74, 6) is -1.88. The van der Waals surface area contributed by atoms with Crippen molar-refractivity contribution < 1.29 is 17.9 Å². The first kappa shape index (κ1) is 14.2. The number of hydrogen-bond donors (Lipinski definition) is 2. The Labute approximate surface area is 113 Å². The molecule has 0 amide bonds. The molecule has 0 aliphatic heterocycles. The van der Waals surface area contributed by atoms with Crippen LogP contribution < -0.4 is 5.56 Å². The third-order valence-corrected chi connectivity index (χ3v) is 3.26. The summed E-state index contributed by atoms with van der Waals surface area (Å²) in [6.45, 7) is 0. The fourth-order valence-electron chi connectivity index (χ4n) is 1.73. The van der Waals surface area contributed by atoms with Crippen molar-refractivity contribution in [3.05, 3.63) is 46.3 Å². The van der Waals surface area contributed by atoms with Crippen molar-refractivity contribution in [2.24, 2.45) is 0 Å². The number of aromatic amines is 1. The summed E-state index contributed by atoms with van der Waals surface area (Å²) in [6, 6.07) is 5.08. The van der Waals surface area contributed by atoms with Crippen LogP contribution in [0.15, 0.2) is 29.1 Å². The minimum atomic E-state index is -3.40. The van der Waals surface area contributed by atoms with Gasteiger partial charge in [0.15, 0.2) is 9.84 Å². The van der Waals surface area contributed by atoms with E-state index in [0.29, 0.717) is 0 Å². The van der Waals surface area contributed by atoms with Crippen molar-refractivity contribution in [3.63, 3.8) is 0 Å². The Balaban J connectivity index is 2.55. The van der Waals surface area contributed by atoms with E-state index >= 15 is 0 Å². The number of aromatic nitrogens is 2. The molecular weight excluding hydrogens is 287 g/mol.